The Labute approximate surface area is 154 Å². The lowest BCUT2D eigenvalue weighted by atomic mass is 10.1. The minimum atomic E-state index is -1.32. The zero-order valence-corrected chi connectivity index (χ0v) is 14.5. The van der Waals surface area contributed by atoms with E-state index in [4.69, 9.17) is 9.62 Å². The van der Waals surface area contributed by atoms with E-state index in [9.17, 15) is 19.5 Å². The van der Waals surface area contributed by atoms with Gasteiger partial charge < -0.3 is 14.8 Å². The molecule has 142 valence electrons. The van der Waals surface area contributed by atoms with Crippen LogP contribution in [0, 0.1) is 0 Å². The number of ketones is 1. The molecule has 0 radical (unpaired) electrons. The fraction of sp³-hybridized carbons (Fsp3) is 0.222. The maximum atomic E-state index is 12.2. The van der Waals surface area contributed by atoms with E-state index in [1.165, 1.54) is 49.1 Å². The Morgan fingerprint density at radius 1 is 1.19 bits per heavy atom. The van der Waals surface area contributed by atoms with Crippen LogP contribution in [0.3, 0.4) is 0 Å². The third-order valence-electron chi connectivity index (χ3n) is 3.63. The molecule has 0 aliphatic heterocycles. The molecule has 4 N–H and O–H groups in total. The summed E-state index contributed by atoms with van der Waals surface area (Å²) in [4.78, 5) is 39.7. The van der Waals surface area contributed by atoms with E-state index in [1.807, 2.05) is 0 Å². The van der Waals surface area contributed by atoms with Crippen molar-refractivity contribution in [1.82, 2.24) is 10.8 Å². The van der Waals surface area contributed by atoms with Crippen LogP contribution >= 0.6 is 0 Å². The minimum absolute atomic E-state index is 0.0764. The van der Waals surface area contributed by atoms with E-state index >= 15 is 0 Å². The Hall–Kier alpha value is -3.30. The number of nitrogens with zero attached hydrogens (tertiary/aromatic N) is 1. The van der Waals surface area contributed by atoms with E-state index in [0.29, 0.717) is 11.3 Å². The molecule has 0 spiro atoms. The van der Waals surface area contributed by atoms with Crippen molar-refractivity contribution in [2.45, 2.75) is 19.1 Å². The molecule has 1 aromatic heterocycles. The normalized spacial score (nSPS) is 13.1. The molecule has 1 heterocycles. The van der Waals surface area contributed by atoms with Crippen LogP contribution in [0.1, 0.15) is 33.4 Å². The van der Waals surface area contributed by atoms with Gasteiger partial charge in [0.05, 0.1) is 18.6 Å². The number of hydroxylamine groups is 1. The summed E-state index contributed by atoms with van der Waals surface area (Å²) in [6, 6.07) is 7.84. The van der Waals surface area contributed by atoms with Crippen molar-refractivity contribution >= 4 is 23.8 Å². The van der Waals surface area contributed by atoms with Crippen molar-refractivity contribution < 1.29 is 29.1 Å². The van der Waals surface area contributed by atoms with Gasteiger partial charge in [-0.2, -0.15) is 0 Å². The van der Waals surface area contributed by atoms with Crippen molar-refractivity contribution in [3.05, 3.63) is 59.5 Å². The number of nitrogens with one attached hydrogen (secondary N) is 2. The highest BCUT2D eigenvalue weighted by Gasteiger charge is 2.25. The van der Waals surface area contributed by atoms with Gasteiger partial charge in [-0.15, -0.1) is 0 Å². The Bertz CT molecular complexity index is 812. The number of amides is 2. The molecule has 2 aromatic rings. The second-order valence-corrected chi connectivity index (χ2v) is 5.65. The summed E-state index contributed by atoms with van der Waals surface area (Å²) < 4.78 is 5.07. The maximum Gasteiger partial charge on any atom is 0.268 e. The van der Waals surface area contributed by atoms with E-state index in [2.05, 4.69) is 10.3 Å². The topological polar surface area (TPSA) is 141 Å². The molecule has 0 saturated carbocycles. The number of hydrogen-bond acceptors (Lipinski definition) is 7. The third kappa shape index (κ3) is 5.59. The number of aliphatic hydroxyl groups excluding tert-OH is 1. The van der Waals surface area contributed by atoms with Crippen LogP contribution in [-0.2, 0) is 4.79 Å². The lowest BCUT2D eigenvalue weighted by Gasteiger charge is -2.19. The predicted octanol–water partition coefficient (Wildman–Crippen LogP) is 0.566. The van der Waals surface area contributed by atoms with E-state index in [0.717, 1.165) is 0 Å². The zero-order valence-electron chi connectivity index (χ0n) is 14.5. The molecule has 0 bridgehead atoms. The Balaban J connectivity index is 1.98. The first-order valence-corrected chi connectivity index (χ1v) is 8.02. The fourth-order valence-electron chi connectivity index (χ4n) is 2.18. The van der Waals surface area contributed by atoms with Gasteiger partial charge in [-0.25, -0.2) is 5.48 Å². The molecule has 2 rings (SSSR count). The van der Waals surface area contributed by atoms with Crippen molar-refractivity contribution in [1.29, 1.82) is 0 Å². The quantitative estimate of drug-likeness (QED) is 0.231. The van der Waals surface area contributed by atoms with Gasteiger partial charge in [0.2, 0.25) is 0 Å². The molecule has 1 aromatic carbocycles. The first-order chi connectivity index (χ1) is 12.9. The van der Waals surface area contributed by atoms with Gasteiger partial charge in [-0.1, -0.05) is 12.1 Å². The molecule has 2 atom stereocenters. The third-order valence-corrected chi connectivity index (χ3v) is 3.63. The highest BCUT2D eigenvalue weighted by atomic mass is 16.5. The van der Waals surface area contributed by atoms with Gasteiger partial charge in [0.25, 0.3) is 11.8 Å². The number of hydrogen-bond donors (Lipinski definition) is 4. The Morgan fingerprint density at radius 2 is 1.85 bits per heavy atom. The Kier molecular flexibility index (Phi) is 6.98. The molecule has 0 fully saturated rings. The largest absolute Gasteiger partial charge is 0.463 e. The summed E-state index contributed by atoms with van der Waals surface area (Å²) in [5.74, 6) is -1.29. The summed E-state index contributed by atoms with van der Waals surface area (Å²) in [5, 5.41) is 20.5. The van der Waals surface area contributed by atoms with E-state index in [-0.39, 0.29) is 17.9 Å². The molecule has 27 heavy (non-hydrogen) atoms. The molecule has 0 aliphatic rings. The van der Waals surface area contributed by atoms with Gasteiger partial charge in [0, 0.05) is 11.1 Å². The smallest absolute Gasteiger partial charge is 0.268 e. The SMILES string of the molecule is CC(O)C(NC(=O)c1ccc(C(=O)CN=Cc2ccco2)cc1)C(=O)NO. The number of benzene rings is 1. The first-order valence-electron chi connectivity index (χ1n) is 8.02. The van der Waals surface area contributed by atoms with Crippen LogP contribution in [-0.4, -0.2) is 52.8 Å². The predicted molar refractivity (Wildman–Crippen MR) is 94.8 cm³/mol. The second-order valence-electron chi connectivity index (χ2n) is 5.65. The van der Waals surface area contributed by atoms with Gasteiger partial charge in [0.15, 0.2) is 5.78 Å². The highest BCUT2D eigenvalue weighted by molar-refractivity contribution is 6.01. The molecule has 2 unspecified atom stereocenters. The van der Waals surface area contributed by atoms with Crippen molar-refractivity contribution in [3.8, 4) is 0 Å². The summed E-state index contributed by atoms with van der Waals surface area (Å²) in [7, 11) is 0. The number of aliphatic imine (C=N–C) groups is 1. The number of carbonyl (C=O) groups is 3. The minimum Gasteiger partial charge on any atom is -0.463 e. The van der Waals surface area contributed by atoms with E-state index < -0.39 is 24.0 Å². The molecular weight excluding hydrogens is 354 g/mol. The van der Waals surface area contributed by atoms with Gasteiger partial charge >= 0.3 is 0 Å². The van der Waals surface area contributed by atoms with Crippen LogP contribution in [0.15, 0.2) is 52.1 Å². The molecule has 2 amide bonds. The lowest BCUT2D eigenvalue weighted by Crippen LogP contribution is -2.51. The lowest BCUT2D eigenvalue weighted by molar-refractivity contribution is -0.133. The number of carbonyl (C=O) groups excluding carboxylic acids is 3. The molecule has 0 saturated heterocycles. The summed E-state index contributed by atoms with van der Waals surface area (Å²) >= 11 is 0. The van der Waals surface area contributed by atoms with E-state index in [1.54, 1.807) is 12.1 Å². The van der Waals surface area contributed by atoms with Crippen molar-refractivity contribution in [2.24, 2.45) is 4.99 Å². The maximum absolute atomic E-state index is 12.2. The van der Waals surface area contributed by atoms with Crippen LogP contribution in [0.25, 0.3) is 0 Å². The highest BCUT2D eigenvalue weighted by Crippen LogP contribution is 2.07. The summed E-state index contributed by atoms with van der Waals surface area (Å²) in [5.41, 5.74) is 1.93. The van der Waals surface area contributed by atoms with Crippen molar-refractivity contribution in [3.63, 3.8) is 0 Å². The molecule has 0 aliphatic carbocycles. The average molecular weight is 373 g/mol. The number of aliphatic hydroxyl groups is 1. The first kappa shape index (κ1) is 20.0. The number of furan rings is 1. The average Bonchev–Trinajstić information content (AvgIpc) is 3.18. The molecular formula is C18H19N3O6. The summed E-state index contributed by atoms with van der Waals surface area (Å²) in [6.45, 7) is 1.22. The van der Waals surface area contributed by atoms with Gasteiger partial charge in [-0.3, -0.25) is 24.6 Å². The molecule has 9 heteroatoms. The van der Waals surface area contributed by atoms with Crippen LogP contribution < -0.4 is 10.8 Å². The Morgan fingerprint density at radius 3 is 2.41 bits per heavy atom. The van der Waals surface area contributed by atoms with Gasteiger partial charge in [-0.05, 0) is 31.2 Å². The fourth-order valence-corrected chi connectivity index (χ4v) is 2.18. The van der Waals surface area contributed by atoms with Crippen LogP contribution in [0.4, 0.5) is 0 Å². The summed E-state index contributed by atoms with van der Waals surface area (Å²) in [6.07, 6.45) is 1.73. The van der Waals surface area contributed by atoms with Crippen LogP contribution in [0.5, 0.6) is 0 Å². The van der Waals surface area contributed by atoms with Gasteiger partial charge in [0.1, 0.15) is 18.3 Å². The van der Waals surface area contributed by atoms with Crippen LogP contribution in [0.2, 0.25) is 0 Å². The zero-order chi connectivity index (χ0) is 19.8. The standard InChI is InChI=1S/C18H19N3O6/c1-11(22)16(18(25)21-26)20-17(24)13-6-4-12(5-7-13)15(23)10-19-9-14-3-2-8-27-14/h2-9,11,16,22,26H,10H2,1H3,(H,20,24)(H,21,25). The number of Topliss-reactive ketones (excluding diaryl/α,β-unsaturated/α-hetero) is 1. The monoisotopic (exact) mass is 373 g/mol. The second kappa shape index (κ2) is 9.41. The molecule has 9 nitrogen and oxygen atoms in total. The van der Waals surface area contributed by atoms with Crippen molar-refractivity contribution in [2.75, 3.05) is 6.54 Å². The number of rotatable bonds is 8.